The molecule has 5 rings (SSSR count). The van der Waals surface area contributed by atoms with Crippen molar-refractivity contribution < 1.29 is 14.4 Å². The third-order valence-corrected chi connectivity index (χ3v) is 7.40. The van der Waals surface area contributed by atoms with Gasteiger partial charge in [-0.25, -0.2) is 0 Å². The lowest BCUT2D eigenvalue weighted by Gasteiger charge is -2.38. The van der Waals surface area contributed by atoms with Gasteiger partial charge in [0.1, 0.15) is 6.04 Å². The third-order valence-electron chi connectivity index (χ3n) is 7.40. The van der Waals surface area contributed by atoms with E-state index in [-0.39, 0.29) is 29.6 Å². The van der Waals surface area contributed by atoms with Gasteiger partial charge in [-0.3, -0.25) is 19.7 Å². The van der Waals surface area contributed by atoms with Crippen LogP contribution in [0.15, 0.2) is 48.5 Å². The number of benzene rings is 2. The number of fused-ring (bicyclic) bond motifs is 1. The van der Waals surface area contributed by atoms with E-state index in [1.807, 2.05) is 12.1 Å². The number of nitrogens with one attached hydrogen (secondary N) is 3. The molecule has 172 valence electrons. The largest absolute Gasteiger partial charge is 0.322 e. The fourth-order valence-corrected chi connectivity index (χ4v) is 5.52. The van der Waals surface area contributed by atoms with Gasteiger partial charge in [-0.2, -0.15) is 0 Å². The van der Waals surface area contributed by atoms with E-state index in [1.54, 1.807) is 4.90 Å². The molecular formula is C26H30N4O3. The highest BCUT2D eigenvalue weighted by molar-refractivity contribution is 6.05. The zero-order valence-corrected chi connectivity index (χ0v) is 18.7. The fourth-order valence-electron chi connectivity index (χ4n) is 5.52. The minimum absolute atomic E-state index is 0.0963. The third kappa shape index (κ3) is 4.18. The van der Waals surface area contributed by atoms with Crippen molar-refractivity contribution in [3.63, 3.8) is 0 Å². The zero-order chi connectivity index (χ0) is 22.8. The van der Waals surface area contributed by atoms with Crippen LogP contribution >= 0.6 is 0 Å². The Balaban J connectivity index is 1.30. The van der Waals surface area contributed by atoms with Gasteiger partial charge in [-0.05, 0) is 55.1 Å². The van der Waals surface area contributed by atoms with Gasteiger partial charge in [-0.15, -0.1) is 0 Å². The van der Waals surface area contributed by atoms with E-state index in [2.05, 4.69) is 52.3 Å². The highest BCUT2D eigenvalue weighted by atomic mass is 16.2. The first-order valence-corrected chi connectivity index (χ1v) is 11.8. The molecule has 0 radical (unpaired) electrons. The Morgan fingerprint density at radius 3 is 2.55 bits per heavy atom. The van der Waals surface area contributed by atoms with Gasteiger partial charge >= 0.3 is 0 Å². The summed E-state index contributed by atoms with van der Waals surface area (Å²) in [6.07, 6.45) is 2.81. The van der Waals surface area contributed by atoms with Crippen LogP contribution in [-0.4, -0.2) is 48.3 Å². The zero-order valence-electron chi connectivity index (χ0n) is 18.7. The number of hydrogen-bond acceptors (Lipinski definition) is 5. The molecule has 33 heavy (non-hydrogen) atoms. The van der Waals surface area contributed by atoms with Gasteiger partial charge in [0.05, 0.1) is 0 Å². The molecule has 3 aliphatic rings. The number of carbonyl (C=O) groups excluding carboxylic acids is 3. The predicted molar refractivity (Wildman–Crippen MR) is 124 cm³/mol. The fraction of sp³-hybridized carbons (Fsp3) is 0.423. The summed E-state index contributed by atoms with van der Waals surface area (Å²) < 4.78 is 0. The van der Waals surface area contributed by atoms with Crippen LogP contribution in [-0.2, 0) is 28.1 Å². The molecule has 0 bridgehead atoms. The van der Waals surface area contributed by atoms with Gasteiger partial charge < -0.3 is 15.5 Å². The molecule has 2 aromatic carbocycles. The Morgan fingerprint density at radius 1 is 1.00 bits per heavy atom. The summed E-state index contributed by atoms with van der Waals surface area (Å²) in [6.45, 7) is 3.96. The Hall–Kier alpha value is -3.03. The topological polar surface area (TPSA) is 90.5 Å². The molecule has 7 heteroatoms. The number of piperidine rings is 2. The Morgan fingerprint density at radius 2 is 1.79 bits per heavy atom. The van der Waals surface area contributed by atoms with Gasteiger partial charge in [0.2, 0.25) is 11.8 Å². The van der Waals surface area contributed by atoms with Crippen LogP contribution in [0.5, 0.6) is 0 Å². The summed E-state index contributed by atoms with van der Waals surface area (Å²) in [5, 5.41) is 9.53. The van der Waals surface area contributed by atoms with Crippen molar-refractivity contribution in [3.05, 3.63) is 70.8 Å². The van der Waals surface area contributed by atoms with Crippen molar-refractivity contribution in [3.8, 4) is 0 Å². The standard InChI is InChI=1S/C26H30N4O3/c31-23-10-9-22(24(32)29-23)30-16-21-18(5-4-8-20(21)25(30)33)15-28-17-26(11-13-27-14-12-26)19-6-2-1-3-7-19/h1-8,22,27-28H,9-17H2,(H,29,31,32). The Kier molecular flexibility index (Phi) is 6.00. The van der Waals surface area contributed by atoms with E-state index in [1.165, 1.54) is 5.56 Å². The van der Waals surface area contributed by atoms with Crippen molar-refractivity contribution in [1.29, 1.82) is 0 Å². The smallest absolute Gasteiger partial charge is 0.255 e. The van der Waals surface area contributed by atoms with Crippen LogP contribution in [0.1, 0.15) is 52.7 Å². The van der Waals surface area contributed by atoms with E-state index in [9.17, 15) is 14.4 Å². The molecule has 1 atom stereocenters. The van der Waals surface area contributed by atoms with Crippen molar-refractivity contribution in [2.24, 2.45) is 0 Å². The first kappa shape index (κ1) is 21.8. The number of rotatable bonds is 6. The maximum Gasteiger partial charge on any atom is 0.255 e. The van der Waals surface area contributed by atoms with Crippen LogP contribution in [0, 0.1) is 0 Å². The quantitative estimate of drug-likeness (QED) is 0.590. The SMILES string of the molecule is O=C1CCC(N2Cc3c(CNCC4(c5ccccc5)CCNCC4)cccc3C2=O)C(=O)N1. The van der Waals surface area contributed by atoms with Gasteiger partial charge in [0.15, 0.2) is 0 Å². The molecule has 2 aromatic rings. The Labute approximate surface area is 193 Å². The van der Waals surface area contributed by atoms with Crippen LogP contribution in [0.3, 0.4) is 0 Å². The lowest BCUT2D eigenvalue weighted by atomic mass is 9.73. The molecule has 3 heterocycles. The predicted octanol–water partition coefficient (Wildman–Crippen LogP) is 1.86. The molecule has 3 amide bonds. The molecule has 0 aromatic heterocycles. The second-order valence-electron chi connectivity index (χ2n) is 9.34. The molecule has 1 unspecified atom stereocenters. The average molecular weight is 447 g/mol. The molecular weight excluding hydrogens is 416 g/mol. The van der Waals surface area contributed by atoms with E-state index in [4.69, 9.17) is 0 Å². The average Bonchev–Trinajstić information content (AvgIpc) is 3.17. The highest BCUT2D eigenvalue weighted by Crippen LogP contribution is 2.34. The summed E-state index contributed by atoms with van der Waals surface area (Å²) >= 11 is 0. The number of carbonyl (C=O) groups is 3. The monoisotopic (exact) mass is 446 g/mol. The molecule has 3 aliphatic heterocycles. The number of nitrogens with zero attached hydrogens (tertiary/aromatic N) is 1. The number of amides is 3. The van der Waals surface area contributed by atoms with E-state index < -0.39 is 6.04 Å². The highest BCUT2D eigenvalue weighted by Gasteiger charge is 2.40. The van der Waals surface area contributed by atoms with Crippen LogP contribution in [0.2, 0.25) is 0 Å². The second-order valence-corrected chi connectivity index (χ2v) is 9.34. The van der Waals surface area contributed by atoms with Crippen molar-refractivity contribution in [2.45, 2.75) is 50.2 Å². The molecule has 2 saturated heterocycles. The van der Waals surface area contributed by atoms with Gasteiger partial charge in [-0.1, -0.05) is 42.5 Å². The number of imide groups is 1. The maximum absolute atomic E-state index is 13.1. The summed E-state index contributed by atoms with van der Waals surface area (Å²) in [7, 11) is 0. The minimum atomic E-state index is -0.584. The normalized spacial score (nSPS) is 22.2. The summed E-state index contributed by atoms with van der Waals surface area (Å²) in [5.74, 6) is -0.765. The maximum atomic E-state index is 13.1. The van der Waals surface area contributed by atoms with Gasteiger partial charge in [0.25, 0.3) is 5.91 Å². The van der Waals surface area contributed by atoms with E-state index in [0.29, 0.717) is 25.1 Å². The lowest BCUT2D eigenvalue weighted by molar-refractivity contribution is -0.136. The van der Waals surface area contributed by atoms with Gasteiger partial charge in [0, 0.05) is 37.0 Å². The summed E-state index contributed by atoms with van der Waals surface area (Å²) in [4.78, 5) is 38.6. The number of hydrogen-bond donors (Lipinski definition) is 3. The van der Waals surface area contributed by atoms with Crippen LogP contribution in [0.25, 0.3) is 0 Å². The molecule has 2 fully saturated rings. The Bertz CT molecular complexity index is 1060. The summed E-state index contributed by atoms with van der Waals surface area (Å²) in [6, 6.07) is 16.0. The van der Waals surface area contributed by atoms with Crippen molar-refractivity contribution >= 4 is 17.7 Å². The van der Waals surface area contributed by atoms with Crippen LogP contribution in [0.4, 0.5) is 0 Å². The van der Waals surface area contributed by atoms with Crippen molar-refractivity contribution in [1.82, 2.24) is 20.9 Å². The molecule has 3 N–H and O–H groups in total. The van der Waals surface area contributed by atoms with E-state index >= 15 is 0 Å². The molecule has 0 saturated carbocycles. The van der Waals surface area contributed by atoms with E-state index in [0.717, 1.165) is 43.6 Å². The molecule has 0 spiro atoms. The second kappa shape index (κ2) is 9.08. The molecule has 0 aliphatic carbocycles. The molecule has 7 nitrogen and oxygen atoms in total. The lowest BCUT2D eigenvalue weighted by Crippen LogP contribution is -2.52. The minimum Gasteiger partial charge on any atom is -0.322 e. The first-order valence-electron chi connectivity index (χ1n) is 11.8. The summed E-state index contributed by atoms with van der Waals surface area (Å²) in [5.41, 5.74) is 4.21. The van der Waals surface area contributed by atoms with Crippen molar-refractivity contribution in [2.75, 3.05) is 19.6 Å². The first-order chi connectivity index (χ1) is 16.1. The van der Waals surface area contributed by atoms with Crippen LogP contribution < -0.4 is 16.0 Å².